The number of hydrogen-bond acceptors (Lipinski definition) is 3. The minimum absolute atomic E-state index is 0.0880. The van der Waals surface area contributed by atoms with Crippen molar-refractivity contribution in [3.63, 3.8) is 0 Å². The second-order valence-electron chi connectivity index (χ2n) is 4.86. The lowest BCUT2D eigenvalue weighted by Gasteiger charge is -2.13. The van der Waals surface area contributed by atoms with E-state index >= 15 is 0 Å². The van der Waals surface area contributed by atoms with Gasteiger partial charge in [0.15, 0.2) is 5.69 Å². The molecule has 1 aromatic heterocycles. The van der Waals surface area contributed by atoms with E-state index in [4.69, 9.17) is 5.73 Å². The predicted molar refractivity (Wildman–Crippen MR) is 75.2 cm³/mol. The molecular weight excluding hydrogens is 297 g/mol. The number of halogens is 3. The number of hydrogen-bond donors (Lipinski definition) is 2. The Morgan fingerprint density at radius 2 is 2.09 bits per heavy atom. The summed E-state index contributed by atoms with van der Waals surface area (Å²) in [6.07, 6.45) is -4.49. The SMILES string of the molecule is Cc1cccc(C(N)=O)c1NCc1cc(C(F)(F)F)nn1C. The van der Waals surface area contributed by atoms with Crippen LogP contribution in [-0.4, -0.2) is 15.7 Å². The zero-order valence-electron chi connectivity index (χ0n) is 12.0. The van der Waals surface area contributed by atoms with Gasteiger partial charge in [-0.3, -0.25) is 9.48 Å². The second kappa shape index (κ2) is 5.70. The van der Waals surface area contributed by atoms with Crippen LogP contribution < -0.4 is 11.1 Å². The van der Waals surface area contributed by atoms with Gasteiger partial charge in [-0.2, -0.15) is 18.3 Å². The number of nitrogens with zero attached hydrogens (tertiary/aromatic N) is 2. The Labute approximate surface area is 124 Å². The summed E-state index contributed by atoms with van der Waals surface area (Å²) in [5.41, 5.74) is 6.25. The van der Waals surface area contributed by atoms with E-state index < -0.39 is 17.8 Å². The van der Waals surface area contributed by atoms with Gasteiger partial charge in [0.25, 0.3) is 5.91 Å². The number of aromatic nitrogens is 2. The van der Waals surface area contributed by atoms with Crippen molar-refractivity contribution >= 4 is 11.6 Å². The smallest absolute Gasteiger partial charge is 0.379 e. The topological polar surface area (TPSA) is 72.9 Å². The number of rotatable bonds is 4. The van der Waals surface area contributed by atoms with Crippen LogP contribution in [-0.2, 0) is 19.8 Å². The lowest BCUT2D eigenvalue weighted by Crippen LogP contribution is -2.16. The van der Waals surface area contributed by atoms with Crippen LogP contribution in [0.2, 0.25) is 0 Å². The largest absolute Gasteiger partial charge is 0.435 e. The van der Waals surface area contributed by atoms with Crippen LogP contribution in [0.5, 0.6) is 0 Å². The fourth-order valence-electron chi connectivity index (χ4n) is 2.10. The molecule has 0 fully saturated rings. The molecule has 22 heavy (non-hydrogen) atoms. The van der Waals surface area contributed by atoms with Crippen LogP contribution in [0.25, 0.3) is 0 Å². The molecule has 0 unspecified atom stereocenters. The number of primary amides is 1. The first kappa shape index (κ1) is 15.9. The summed E-state index contributed by atoms with van der Waals surface area (Å²) in [7, 11) is 1.43. The third kappa shape index (κ3) is 3.21. The van der Waals surface area contributed by atoms with E-state index in [0.717, 1.165) is 16.3 Å². The van der Waals surface area contributed by atoms with E-state index in [1.54, 1.807) is 25.1 Å². The number of aryl methyl sites for hydroxylation is 2. The van der Waals surface area contributed by atoms with Crippen molar-refractivity contribution < 1.29 is 18.0 Å². The lowest BCUT2D eigenvalue weighted by atomic mass is 10.1. The Kier molecular flexibility index (Phi) is 4.11. The summed E-state index contributed by atoms with van der Waals surface area (Å²) in [4.78, 5) is 11.4. The fourth-order valence-corrected chi connectivity index (χ4v) is 2.10. The molecule has 0 saturated carbocycles. The molecule has 1 heterocycles. The van der Waals surface area contributed by atoms with Gasteiger partial charge in [0.05, 0.1) is 23.5 Å². The molecule has 0 radical (unpaired) electrons. The summed E-state index contributed by atoms with van der Waals surface area (Å²) in [6, 6.07) is 5.99. The van der Waals surface area contributed by atoms with Crippen LogP contribution in [0.1, 0.15) is 27.3 Å². The highest BCUT2D eigenvalue weighted by Gasteiger charge is 2.34. The molecule has 0 spiro atoms. The minimum Gasteiger partial charge on any atom is -0.379 e. The number of carbonyl (C=O) groups excluding carboxylic acids is 1. The van der Waals surface area contributed by atoms with Crippen molar-refractivity contribution in [1.82, 2.24) is 9.78 Å². The zero-order valence-corrected chi connectivity index (χ0v) is 12.0. The number of amides is 1. The van der Waals surface area contributed by atoms with Gasteiger partial charge < -0.3 is 11.1 Å². The van der Waals surface area contributed by atoms with E-state index in [0.29, 0.717) is 16.9 Å². The highest BCUT2D eigenvalue weighted by atomic mass is 19.4. The Morgan fingerprint density at radius 3 is 2.64 bits per heavy atom. The third-order valence-electron chi connectivity index (χ3n) is 3.25. The number of nitrogens with two attached hydrogens (primary N) is 1. The fraction of sp³-hybridized carbons (Fsp3) is 0.286. The Balaban J connectivity index is 2.25. The molecule has 1 amide bonds. The molecule has 1 aromatic carbocycles. The first-order valence-corrected chi connectivity index (χ1v) is 6.43. The predicted octanol–water partition coefficient (Wildman–Crippen LogP) is 2.46. The highest BCUT2D eigenvalue weighted by molar-refractivity contribution is 5.99. The summed E-state index contributed by atoms with van der Waals surface area (Å²) >= 11 is 0. The van der Waals surface area contributed by atoms with Gasteiger partial charge in [-0.15, -0.1) is 0 Å². The number of nitrogens with one attached hydrogen (secondary N) is 1. The summed E-state index contributed by atoms with van der Waals surface area (Å²) in [5, 5.41) is 6.39. The van der Waals surface area contributed by atoms with E-state index in [1.807, 2.05) is 0 Å². The monoisotopic (exact) mass is 312 g/mol. The maximum Gasteiger partial charge on any atom is 0.435 e. The van der Waals surface area contributed by atoms with Crippen molar-refractivity contribution in [2.75, 3.05) is 5.32 Å². The van der Waals surface area contributed by atoms with E-state index in [1.165, 1.54) is 7.05 Å². The van der Waals surface area contributed by atoms with Crippen molar-refractivity contribution in [1.29, 1.82) is 0 Å². The quantitative estimate of drug-likeness (QED) is 0.911. The van der Waals surface area contributed by atoms with Crippen LogP contribution in [0.3, 0.4) is 0 Å². The first-order chi connectivity index (χ1) is 10.2. The second-order valence-corrected chi connectivity index (χ2v) is 4.86. The van der Waals surface area contributed by atoms with Gasteiger partial charge >= 0.3 is 6.18 Å². The van der Waals surface area contributed by atoms with Crippen molar-refractivity contribution in [3.05, 3.63) is 46.8 Å². The Bertz CT molecular complexity index is 707. The first-order valence-electron chi connectivity index (χ1n) is 6.43. The zero-order chi connectivity index (χ0) is 16.5. The molecule has 118 valence electrons. The third-order valence-corrected chi connectivity index (χ3v) is 3.25. The maximum atomic E-state index is 12.6. The molecule has 3 N–H and O–H groups in total. The van der Waals surface area contributed by atoms with Crippen LogP contribution in [0, 0.1) is 6.92 Å². The Hall–Kier alpha value is -2.51. The van der Waals surface area contributed by atoms with Crippen molar-refractivity contribution in [2.24, 2.45) is 12.8 Å². The van der Waals surface area contributed by atoms with Crippen LogP contribution >= 0.6 is 0 Å². The Morgan fingerprint density at radius 1 is 1.41 bits per heavy atom. The van der Waals surface area contributed by atoms with Gasteiger partial charge in [-0.05, 0) is 24.6 Å². The molecule has 8 heteroatoms. The number of benzene rings is 1. The van der Waals surface area contributed by atoms with Crippen molar-refractivity contribution in [2.45, 2.75) is 19.6 Å². The number of para-hydroxylation sites is 1. The van der Waals surface area contributed by atoms with Gasteiger partial charge in [0.2, 0.25) is 0 Å². The van der Waals surface area contributed by atoms with Gasteiger partial charge in [0.1, 0.15) is 0 Å². The summed E-state index contributed by atoms with van der Waals surface area (Å²) in [6.45, 7) is 1.86. The number of anilines is 1. The average Bonchev–Trinajstić information content (AvgIpc) is 2.78. The van der Waals surface area contributed by atoms with Crippen LogP contribution in [0.4, 0.5) is 18.9 Å². The summed E-state index contributed by atoms with van der Waals surface area (Å²) < 4.78 is 39.0. The van der Waals surface area contributed by atoms with E-state index in [9.17, 15) is 18.0 Å². The van der Waals surface area contributed by atoms with Gasteiger partial charge in [-0.25, -0.2) is 0 Å². The van der Waals surface area contributed by atoms with Gasteiger partial charge in [-0.1, -0.05) is 12.1 Å². The average molecular weight is 312 g/mol. The minimum atomic E-state index is -4.49. The van der Waals surface area contributed by atoms with Crippen molar-refractivity contribution in [3.8, 4) is 0 Å². The van der Waals surface area contributed by atoms with E-state index in [-0.39, 0.29) is 6.54 Å². The molecule has 0 bridgehead atoms. The molecule has 2 aromatic rings. The molecular formula is C14H15F3N4O. The standard InChI is InChI=1S/C14H15F3N4O/c1-8-4-3-5-10(13(18)22)12(8)19-7-9-6-11(14(15,16)17)20-21(9)2/h3-6,19H,7H2,1-2H3,(H2,18,22). The molecule has 5 nitrogen and oxygen atoms in total. The molecule has 0 saturated heterocycles. The normalized spacial score (nSPS) is 11.5. The maximum absolute atomic E-state index is 12.6. The molecule has 0 aliphatic carbocycles. The molecule has 2 rings (SSSR count). The summed E-state index contributed by atoms with van der Waals surface area (Å²) in [5.74, 6) is -0.604. The number of carbonyl (C=O) groups is 1. The van der Waals surface area contributed by atoms with Crippen LogP contribution in [0.15, 0.2) is 24.3 Å². The molecule has 0 aliphatic rings. The molecule has 0 atom stereocenters. The molecule has 0 aliphatic heterocycles. The lowest BCUT2D eigenvalue weighted by molar-refractivity contribution is -0.141. The van der Waals surface area contributed by atoms with E-state index in [2.05, 4.69) is 10.4 Å². The van der Waals surface area contributed by atoms with Gasteiger partial charge in [0, 0.05) is 7.05 Å². The highest BCUT2D eigenvalue weighted by Crippen LogP contribution is 2.29. The number of alkyl halides is 3.